The van der Waals surface area contributed by atoms with Gasteiger partial charge in [0.05, 0.1) is 6.42 Å². The Bertz CT molecular complexity index is 434. The zero-order valence-electron chi connectivity index (χ0n) is 6.73. The molecule has 66 valence electrons. The number of aromatic amines is 1. The third kappa shape index (κ3) is 2.00. The smallest absolute Gasteiger partial charge is 0.284 e. The topological polar surface area (TPSA) is 54.7 Å². The van der Waals surface area contributed by atoms with Crippen LogP contribution in [0.3, 0.4) is 0 Å². The van der Waals surface area contributed by atoms with Crippen LogP contribution >= 0.6 is 12.2 Å². The van der Waals surface area contributed by atoms with Crippen molar-refractivity contribution in [1.29, 1.82) is 0 Å². The number of aromatic nitrogens is 3. The highest BCUT2D eigenvalue weighted by molar-refractivity contribution is 7.71. The Morgan fingerprint density at radius 1 is 1.46 bits per heavy atom. The van der Waals surface area contributed by atoms with Crippen LogP contribution in [0.2, 0.25) is 0 Å². The van der Waals surface area contributed by atoms with Crippen molar-refractivity contribution in [2.75, 3.05) is 0 Å². The Kier molecular flexibility index (Phi) is 2.18. The van der Waals surface area contributed by atoms with E-state index in [9.17, 15) is 0 Å². The summed E-state index contributed by atoms with van der Waals surface area (Å²) in [5, 5.41) is 6.43. The molecule has 0 aliphatic rings. The standard InChI is InChI=1S/C8H7N3OS/c13-8-11-10-7(12-8)5-6-3-1-2-4-9-6/h1-4H,5H2,(H,11,13). The van der Waals surface area contributed by atoms with E-state index >= 15 is 0 Å². The molecule has 13 heavy (non-hydrogen) atoms. The molecule has 0 atom stereocenters. The SMILES string of the molecule is S=c1[nH]nc(Cc2ccccn2)o1. The third-order valence-corrected chi connectivity index (χ3v) is 1.72. The van der Waals surface area contributed by atoms with Crippen LogP contribution in [0.25, 0.3) is 0 Å². The molecule has 4 nitrogen and oxygen atoms in total. The lowest BCUT2D eigenvalue weighted by molar-refractivity contribution is 0.490. The molecule has 0 bridgehead atoms. The highest BCUT2D eigenvalue weighted by Crippen LogP contribution is 2.03. The summed E-state index contributed by atoms with van der Waals surface area (Å²) in [7, 11) is 0. The van der Waals surface area contributed by atoms with E-state index in [1.54, 1.807) is 6.20 Å². The number of hydrogen-bond acceptors (Lipinski definition) is 4. The minimum atomic E-state index is 0.297. The maximum atomic E-state index is 5.10. The van der Waals surface area contributed by atoms with E-state index in [0.717, 1.165) is 5.69 Å². The van der Waals surface area contributed by atoms with E-state index in [1.165, 1.54) is 0 Å². The van der Waals surface area contributed by atoms with Crippen molar-refractivity contribution in [3.05, 3.63) is 40.8 Å². The van der Waals surface area contributed by atoms with Crippen LogP contribution in [0.1, 0.15) is 11.6 Å². The van der Waals surface area contributed by atoms with E-state index in [0.29, 0.717) is 17.1 Å². The van der Waals surface area contributed by atoms with Crippen LogP contribution in [0.15, 0.2) is 28.8 Å². The van der Waals surface area contributed by atoms with Crippen molar-refractivity contribution in [2.45, 2.75) is 6.42 Å². The minimum Gasteiger partial charge on any atom is -0.414 e. The number of hydrogen-bond donors (Lipinski definition) is 1. The van der Waals surface area contributed by atoms with Gasteiger partial charge in [0.15, 0.2) is 0 Å². The van der Waals surface area contributed by atoms with Gasteiger partial charge < -0.3 is 4.42 Å². The molecule has 0 aromatic carbocycles. The Balaban J connectivity index is 2.20. The second-order valence-electron chi connectivity index (χ2n) is 2.50. The highest BCUT2D eigenvalue weighted by Gasteiger charge is 2.01. The van der Waals surface area contributed by atoms with E-state index < -0.39 is 0 Å². The van der Waals surface area contributed by atoms with E-state index in [1.807, 2.05) is 18.2 Å². The van der Waals surface area contributed by atoms with E-state index in [4.69, 9.17) is 16.6 Å². The summed E-state index contributed by atoms with van der Waals surface area (Å²) in [6.07, 6.45) is 2.30. The second-order valence-corrected chi connectivity index (χ2v) is 2.88. The molecule has 0 aliphatic heterocycles. The van der Waals surface area contributed by atoms with Gasteiger partial charge in [-0.05, 0) is 24.4 Å². The summed E-state index contributed by atoms with van der Waals surface area (Å²) < 4.78 is 5.10. The molecule has 5 heteroatoms. The molecule has 2 rings (SSSR count). The maximum Gasteiger partial charge on any atom is 0.284 e. The third-order valence-electron chi connectivity index (χ3n) is 1.54. The highest BCUT2D eigenvalue weighted by atomic mass is 32.1. The van der Waals surface area contributed by atoms with Crippen LogP contribution in [0, 0.1) is 4.84 Å². The predicted octanol–water partition coefficient (Wildman–Crippen LogP) is 1.72. The van der Waals surface area contributed by atoms with Gasteiger partial charge in [-0.25, -0.2) is 5.10 Å². The summed E-state index contributed by atoms with van der Waals surface area (Å²) in [6, 6.07) is 5.69. The number of rotatable bonds is 2. The molecule has 1 N–H and O–H groups in total. The van der Waals surface area contributed by atoms with Gasteiger partial charge in [-0.15, -0.1) is 5.10 Å². The monoisotopic (exact) mass is 193 g/mol. The van der Waals surface area contributed by atoms with Crippen LogP contribution in [-0.4, -0.2) is 15.2 Å². The summed E-state index contributed by atoms with van der Waals surface area (Å²) in [5.74, 6) is 0.559. The number of nitrogens with one attached hydrogen (secondary N) is 1. The minimum absolute atomic E-state index is 0.297. The van der Waals surface area contributed by atoms with Gasteiger partial charge in [0, 0.05) is 11.9 Å². The second kappa shape index (κ2) is 3.49. The summed E-state index contributed by atoms with van der Waals surface area (Å²) in [6.45, 7) is 0. The normalized spacial score (nSPS) is 10.2. The molecule has 0 fully saturated rings. The first-order chi connectivity index (χ1) is 6.34. The molecule has 0 saturated carbocycles. The molecule has 2 aromatic heterocycles. The molecule has 2 heterocycles. The van der Waals surface area contributed by atoms with E-state index in [-0.39, 0.29) is 0 Å². The molecule has 2 aromatic rings. The molecule has 0 saturated heterocycles. The fourth-order valence-electron chi connectivity index (χ4n) is 0.994. The summed E-state index contributed by atoms with van der Waals surface area (Å²) >= 11 is 4.74. The first kappa shape index (κ1) is 8.12. The number of H-pyrrole nitrogens is 1. The zero-order chi connectivity index (χ0) is 9.10. The van der Waals surface area contributed by atoms with Crippen molar-refractivity contribution in [2.24, 2.45) is 0 Å². The first-order valence-corrected chi connectivity index (χ1v) is 4.20. The lowest BCUT2D eigenvalue weighted by Gasteiger charge is -1.92. The van der Waals surface area contributed by atoms with Crippen molar-refractivity contribution < 1.29 is 4.42 Å². The lowest BCUT2D eigenvalue weighted by Crippen LogP contribution is -1.90. The van der Waals surface area contributed by atoms with Gasteiger partial charge in [0.2, 0.25) is 5.89 Å². The Morgan fingerprint density at radius 3 is 3.00 bits per heavy atom. The van der Waals surface area contributed by atoms with Gasteiger partial charge in [-0.1, -0.05) is 6.07 Å². The molecule has 0 amide bonds. The molecular formula is C8H7N3OS. The fraction of sp³-hybridized carbons (Fsp3) is 0.125. The average Bonchev–Trinajstić information content (AvgIpc) is 2.53. The van der Waals surface area contributed by atoms with Crippen molar-refractivity contribution >= 4 is 12.2 Å². The molecule has 0 spiro atoms. The van der Waals surface area contributed by atoms with Gasteiger partial charge in [-0.3, -0.25) is 4.98 Å². The Labute approximate surface area is 79.6 Å². The lowest BCUT2D eigenvalue weighted by atomic mass is 10.3. The van der Waals surface area contributed by atoms with Crippen molar-refractivity contribution in [3.63, 3.8) is 0 Å². The average molecular weight is 193 g/mol. The largest absolute Gasteiger partial charge is 0.414 e. The van der Waals surface area contributed by atoms with Crippen LogP contribution in [-0.2, 0) is 6.42 Å². The number of nitrogens with zero attached hydrogens (tertiary/aromatic N) is 2. The molecule has 0 aliphatic carbocycles. The van der Waals surface area contributed by atoms with Crippen LogP contribution in [0.5, 0.6) is 0 Å². The van der Waals surface area contributed by atoms with Crippen molar-refractivity contribution in [3.8, 4) is 0 Å². The zero-order valence-corrected chi connectivity index (χ0v) is 7.54. The molecule has 0 radical (unpaired) electrons. The fourth-order valence-corrected chi connectivity index (χ4v) is 1.14. The first-order valence-electron chi connectivity index (χ1n) is 3.79. The van der Waals surface area contributed by atoms with Gasteiger partial charge >= 0.3 is 0 Å². The van der Waals surface area contributed by atoms with Gasteiger partial charge in [-0.2, -0.15) is 0 Å². The van der Waals surface area contributed by atoms with E-state index in [2.05, 4.69) is 15.2 Å². The van der Waals surface area contributed by atoms with Crippen molar-refractivity contribution in [1.82, 2.24) is 15.2 Å². The Morgan fingerprint density at radius 2 is 2.38 bits per heavy atom. The number of pyridine rings is 1. The van der Waals surface area contributed by atoms with Crippen LogP contribution < -0.4 is 0 Å². The molecule has 0 unspecified atom stereocenters. The quantitative estimate of drug-likeness (QED) is 0.738. The maximum absolute atomic E-state index is 5.10. The Hall–Kier alpha value is -1.49. The molecular weight excluding hydrogens is 186 g/mol. The van der Waals surface area contributed by atoms with Crippen LogP contribution in [0.4, 0.5) is 0 Å². The van der Waals surface area contributed by atoms with Gasteiger partial charge in [0.1, 0.15) is 0 Å². The summed E-state index contributed by atoms with van der Waals surface area (Å²) in [4.78, 5) is 4.43. The van der Waals surface area contributed by atoms with Gasteiger partial charge in [0.25, 0.3) is 4.84 Å². The predicted molar refractivity (Wildman–Crippen MR) is 48.7 cm³/mol. The summed E-state index contributed by atoms with van der Waals surface area (Å²) in [5.41, 5.74) is 0.910.